The number of methoxy groups -OCH3 is 2. The molecule has 1 aromatic heterocycles. The summed E-state index contributed by atoms with van der Waals surface area (Å²) in [5.41, 5.74) is 0.758. The second-order valence-electron chi connectivity index (χ2n) is 11.4. The van der Waals surface area contributed by atoms with E-state index in [2.05, 4.69) is 10.4 Å². The van der Waals surface area contributed by atoms with Gasteiger partial charge in [0.2, 0.25) is 5.91 Å². The third-order valence-corrected chi connectivity index (χ3v) is 7.56. The van der Waals surface area contributed by atoms with Crippen LogP contribution in [0.1, 0.15) is 52.0 Å². The summed E-state index contributed by atoms with van der Waals surface area (Å²) in [6.45, 7) is 5.39. The number of amides is 2. The summed E-state index contributed by atoms with van der Waals surface area (Å²) in [6.07, 6.45) is 4.46. The first-order valence-corrected chi connectivity index (χ1v) is 13.5. The topological polar surface area (TPSA) is 129 Å². The molecule has 1 saturated carbocycles. The highest BCUT2D eigenvalue weighted by Crippen LogP contribution is 2.40. The zero-order chi connectivity index (χ0) is 29.2. The van der Waals surface area contributed by atoms with Crippen molar-refractivity contribution >= 4 is 18.0 Å². The van der Waals surface area contributed by atoms with Gasteiger partial charge in [0.15, 0.2) is 5.75 Å². The molecule has 40 heavy (non-hydrogen) atoms. The predicted molar refractivity (Wildman–Crippen MR) is 147 cm³/mol. The molecule has 0 radical (unpaired) electrons. The van der Waals surface area contributed by atoms with Crippen LogP contribution in [0.5, 0.6) is 5.75 Å². The number of benzene rings is 1. The molecule has 2 bridgehead atoms. The van der Waals surface area contributed by atoms with E-state index in [1.54, 1.807) is 57.0 Å². The van der Waals surface area contributed by atoms with E-state index in [0.29, 0.717) is 16.9 Å². The molecule has 5 rings (SSSR count). The summed E-state index contributed by atoms with van der Waals surface area (Å²) in [5, 5.41) is 6.85. The minimum atomic E-state index is -0.965. The van der Waals surface area contributed by atoms with E-state index in [9.17, 15) is 19.2 Å². The first kappa shape index (κ1) is 29.1. The highest BCUT2D eigenvalue weighted by Gasteiger charge is 2.49. The number of hydrogen-bond donors (Lipinski definition) is 1. The zero-order valence-corrected chi connectivity index (χ0v) is 23.9. The number of fused-ring (bicyclic) bond motifs is 3. The molecule has 2 saturated heterocycles. The number of nitrogens with one attached hydrogen (secondary N) is 1. The van der Waals surface area contributed by atoms with E-state index in [1.165, 1.54) is 25.1 Å². The van der Waals surface area contributed by atoms with Crippen molar-refractivity contribution in [3.63, 3.8) is 0 Å². The Morgan fingerprint density at radius 3 is 2.30 bits per heavy atom. The van der Waals surface area contributed by atoms with Gasteiger partial charge in [-0.2, -0.15) is 5.10 Å². The van der Waals surface area contributed by atoms with Crippen molar-refractivity contribution in [3.05, 3.63) is 46.4 Å². The quantitative estimate of drug-likeness (QED) is 0.518. The predicted octanol–water partition coefficient (Wildman–Crippen LogP) is 2.83. The Kier molecular flexibility index (Phi) is 8.51. The fourth-order valence-electron chi connectivity index (χ4n) is 5.65. The van der Waals surface area contributed by atoms with Gasteiger partial charge in [0, 0.05) is 19.5 Å². The number of aromatic nitrogens is 2. The Morgan fingerprint density at radius 1 is 1.07 bits per heavy atom. The summed E-state index contributed by atoms with van der Waals surface area (Å²) < 4.78 is 17.2. The number of rotatable bonds is 7. The minimum absolute atomic E-state index is 0.00643. The standard InChI is InChI=1S/C29H38N4O7/c1-29(2,3)40-28(37)33-20-13-11-19(12-14-20)24(33)25(34)31-21(27(36)39-6)15-17-7-9-18(10-8-17)23-22(38-5)16-30-32(4)26(23)35/h7-10,16,19-21,24H,11-15H2,1-6H3,(H,31,34)/t19?,20?,21-,24-/m0/s1. The van der Waals surface area contributed by atoms with Crippen LogP contribution in [0.15, 0.2) is 35.3 Å². The molecule has 216 valence electrons. The number of hydrogen-bond acceptors (Lipinski definition) is 8. The first-order chi connectivity index (χ1) is 18.9. The lowest BCUT2D eigenvalue weighted by Crippen LogP contribution is -2.64. The van der Waals surface area contributed by atoms with Crippen molar-refractivity contribution < 1.29 is 28.6 Å². The van der Waals surface area contributed by atoms with Crippen LogP contribution in [0, 0.1) is 5.92 Å². The number of aryl methyl sites for hydroxylation is 1. The van der Waals surface area contributed by atoms with Gasteiger partial charge < -0.3 is 19.5 Å². The molecule has 0 unspecified atom stereocenters. The Morgan fingerprint density at radius 2 is 1.73 bits per heavy atom. The van der Waals surface area contributed by atoms with Crippen LogP contribution in [0.4, 0.5) is 4.79 Å². The van der Waals surface area contributed by atoms with Crippen LogP contribution in [-0.2, 0) is 32.5 Å². The average Bonchev–Trinajstić information content (AvgIpc) is 2.93. The third-order valence-electron chi connectivity index (χ3n) is 7.56. The van der Waals surface area contributed by atoms with Crippen LogP contribution in [-0.4, -0.2) is 70.6 Å². The summed E-state index contributed by atoms with van der Waals surface area (Å²) in [5.74, 6) is -0.635. The molecule has 2 atom stereocenters. The number of ether oxygens (including phenoxy) is 3. The number of carbonyl (C=O) groups is 3. The number of piperidine rings is 2. The molecule has 1 aromatic carbocycles. The first-order valence-electron chi connectivity index (χ1n) is 13.5. The van der Waals surface area contributed by atoms with Crippen molar-refractivity contribution in [1.82, 2.24) is 20.0 Å². The zero-order valence-electron chi connectivity index (χ0n) is 23.9. The normalized spacial score (nSPS) is 20.9. The third kappa shape index (κ3) is 6.13. The highest BCUT2D eigenvalue weighted by molar-refractivity contribution is 5.90. The van der Waals surface area contributed by atoms with E-state index in [-0.39, 0.29) is 23.9 Å². The molecule has 0 spiro atoms. The van der Waals surface area contributed by atoms with Gasteiger partial charge in [-0.3, -0.25) is 14.5 Å². The van der Waals surface area contributed by atoms with Gasteiger partial charge in [-0.05, 0) is 63.5 Å². The van der Waals surface area contributed by atoms with Gasteiger partial charge in [0.05, 0.1) is 26.0 Å². The van der Waals surface area contributed by atoms with Gasteiger partial charge in [-0.15, -0.1) is 0 Å². The van der Waals surface area contributed by atoms with E-state index in [0.717, 1.165) is 31.2 Å². The van der Waals surface area contributed by atoms with E-state index in [4.69, 9.17) is 14.2 Å². The van der Waals surface area contributed by atoms with Crippen LogP contribution < -0.4 is 15.6 Å². The second kappa shape index (κ2) is 11.7. The number of esters is 1. The van der Waals surface area contributed by atoms with E-state index < -0.39 is 35.7 Å². The van der Waals surface area contributed by atoms with Crippen LogP contribution in [0.25, 0.3) is 11.1 Å². The number of carbonyl (C=O) groups excluding carboxylic acids is 3. The average molecular weight is 555 g/mol. The summed E-state index contributed by atoms with van der Waals surface area (Å²) in [7, 11) is 4.30. The molecule has 2 aliphatic heterocycles. The molecule has 2 amide bonds. The van der Waals surface area contributed by atoms with E-state index in [1.807, 2.05) is 0 Å². The Bertz CT molecular complexity index is 1310. The molecule has 3 heterocycles. The molecule has 2 aromatic rings. The van der Waals surface area contributed by atoms with Gasteiger partial charge in [0.1, 0.15) is 17.7 Å². The Balaban J connectivity index is 1.54. The molecule has 1 aliphatic carbocycles. The van der Waals surface area contributed by atoms with Crippen LogP contribution in [0.3, 0.4) is 0 Å². The van der Waals surface area contributed by atoms with Crippen LogP contribution in [0.2, 0.25) is 0 Å². The summed E-state index contributed by atoms with van der Waals surface area (Å²) in [6, 6.07) is 5.33. The molecule has 11 heteroatoms. The molecule has 11 nitrogen and oxygen atoms in total. The maximum Gasteiger partial charge on any atom is 0.411 e. The lowest BCUT2D eigenvalue weighted by molar-refractivity contribution is -0.147. The minimum Gasteiger partial charge on any atom is -0.494 e. The monoisotopic (exact) mass is 554 g/mol. The van der Waals surface area contributed by atoms with Crippen molar-refractivity contribution in [1.29, 1.82) is 0 Å². The van der Waals surface area contributed by atoms with Crippen molar-refractivity contribution in [2.24, 2.45) is 13.0 Å². The lowest BCUT2D eigenvalue weighted by atomic mass is 9.74. The SMILES string of the molecule is COC(=O)[C@H](Cc1ccc(-c2c(OC)cnn(C)c2=O)cc1)NC(=O)[C@@H]1C2CCC(CC2)N1C(=O)OC(C)(C)C. The van der Waals surface area contributed by atoms with Gasteiger partial charge in [0.25, 0.3) is 5.56 Å². The second-order valence-corrected chi connectivity index (χ2v) is 11.4. The fourth-order valence-corrected chi connectivity index (χ4v) is 5.65. The van der Waals surface area contributed by atoms with Gasteiger partial charge in [-0.1, -0.05) is 24.3 Å². The maximum absolute atomic E-state index is 13.6. The molecule has 3 aliphatic rings. The van der Waals surface area contributed by atoms with Gasteiger partial charge in [-0.25, -0.2) is 14.3 Å². The Labute approximate surface area is 233 Å². The smallest absolute Gasteiger partial charge is 0.411 e. The molecule has 3 fully saturated rings. The molecular weight excluding hydrogens is 516 g/mol. The van der Waals surface area contributed by atoms with Crippen molar-refractivity contribution in [3.8, 4) is 16.9 Å². The number of nitrogens with zero attached hydrogens (tertiary/aromatic N) is 3. The lowest BCUT2D eigenvalue weighted by Gasteiger charge is -2.50. The van der Waals surface area contributed by atoms with E-state index >= 15 is 0 Å². The maximum atomic E-state index is 13.6. The fraction of sp³-hybridized carbons (Fsp3) is 0.552. The van der Waals surface area contributed by atoms with Crippen LogP contribution >= 0.6 is 0 Å². The highest BCUT2D eigenvalue weighted by atomic mass is 16.6. The summed E-state index contributed by atoms with van der Waals surface area (Å²) >= 11 is 0. The molecular formula is C29H38N4O7. The largest absolute Gasteiger partial charge is 0.494 e. The summed E-state index contributed by atoms with van der Waals surface area (Å²) in [4.78, 5) is 53.8. The van der Waals surface area contributed by atoms with Crippen molar-refractivity contribution in [2.75, 3.05) is 14.2 Å². The van der Waals surface area contributed by atoms with Gasteiger partial charge >= 0.3 is 12.1 Å². The Hall–Kier alpha value is -3.89. The van der Waals surface area contributed by atoms with Crippen molar-refractivity contribution in [2.45, 2.75) is 76.6 Å². The molecule has 1 N–H and O–H groups in total.